The highest BCUT2D eigenvalue weighted by Gasteiger charge is 2.29. The molecule has 1 atom stereocenters. The number of para-hydroxylation sites is 2. The molecular weight excluding hydrogens is 364 g/mol. The number of hydrogen-bond acceptors (Lipinski definition) is 6. The van der Waals surface area contributed by atoms with E-state index in [9.17, 15) is 4.79 Å². The molecule has 1 aliphatic rings. The van der Waals surface area contributed by atoms with Gasteiger partial charge in [-0.25, -0.2) is 4.79 Å². The molecule has 140 valence electrons. The minimum atomic E-state index is -0.151. The molecule has 1 N–H and O–H groups in total. The zero-order valence-electron chi connectivity index (χ0n) is 14.9. The highest BCUT2D eigenvalue weighted by Crippen LogP contribution is 2.30. The number of rotatable bonds is 4. The van der Waals surface area contributed by atoms with E-state index in [4.69, 9.17) is 9.15 Å². The Morgan fingerprint density at radius 1 is 1.33 bits per heavy atom. The Balaban J connectivity index is 1.44. The van der Waals surface area contributed by atoms with Gasteiger partial charge in [-0.2, -0.15) is 11.3 Å². The lowest BCUT2D eigenvalue weighted by atomic mass is 9.98. The first kappa shape index (κ1) is 17.5. The number of nitrogens with zero attached hydrogens (tertiary/aromatic N) is 3. The van der Waals surface area contributed by atoms with Crippen LogP contribution in [0, 0.1) is 0 Å². The number of thiophene rings is 1. The Morgan fingerprint density at radius 3 is 3.04 bits per heavy atom. The van der Waals surface area contributed by atoms with Crippen molar-refractivity contribution in [1.82, 2.24) is 15.1 Å². The zero-order valence-corrected chi connectivity index (χ0v) is 15.7. The van der Waals surface area contributed by atoms with Gasteiger partial charge in [0.25, 0.3) is 0 Å². The fourth-order valence-electron chi connectivity index (χ4n) is 3.21. The summed E-state index contributed by atoms with van der Waals surface area (Å²) < 4.78 is 11.2. The molecule has 0 spiro atoms. The molecule has 0 saturated carbocycles. The molecule has 2 aromatic heterocycles. The number of anilines is 1. The maximum absolute atomic E-state index is 12.7. The average Bonchev–Trinajstić information content (AvgIpc) is 3.40. The fraction of sp³-hybridized carbons (Fsp3) is 0.316. The number of benzene rings is 1. The van der Waals surface area contributed by atoms with Crippen LogP contribution in [0.25, 0.3) is 11.5 Å². The summed E-state index contributed by atoms with van der Waals surface area (Å²) in [5.74, 6) is 1.80. The second kappa shape index (κ2) is 7.79. The van der Waals surface area contributed by atoms with Gasteiger partial charge >= 0.3 is 6.03 Å². The highest BCUT2D eigenvalue weighted by atomic mass is 32.1. The van der Waals surface area contributed by atoms with Gasteiger partial charge in [0.2, 0.25) is 11.8 Å². The van der Waals surface area contributed by atoms with E-state index in [1.807, 2.05) is 41.1 Å². The predicted molar refractivity (Wildman–Crippen MR) is 103 cm³/mol. The number of amides is 2. The third-order valence-electron chi connectivity index (χ3n) is 4.62. The zero-order chi connectivity index (χ0) is 18.6. The molecule has 3 heterocycles. The number of nitrogens with one attached hydrogen (secondary N) is 1. The normalized spacial score (nSPS) is 16.9. The van der Waals surface area contributed by atoms with Crippen molar-refractivity contribution in [2.45, 2.75) is 18.8 Å². The molecule has 1 saturated heterocycles. The lowest BCUT2D eigenvalue weighted by molar-refractivity contribution is 0.187. The molecule has 1 fully saturated rings. The molecule has 7 nitrogen and oxygen atoms in total. The maximum Gasteiger partial charge on any atom is 0.321 e. The molecule has 2 amide bonds. The van der Waals surface area contributed by atoms with Crippen LogP contribution in [0.5, 0.6) is 5.75 Å². The molecule has 0 radical (unpaired) electrons. The van der Waals surface area contributed by atoms with Crippen LogP contribution < -0.4 is 10.1 Å². The summed E-state index contributed by atoms with van der Waals surface area (Å²) in [5, 5.41) is 15.2. The van der Waals surface area contributed by atoms with Crippen molar-refractivity contribution in [3.63, 3.8) is 0 Å². The van der Waals surface area contributed by atoms with E-state index in [1.54, 1.807) is 23.3 Å². The van der Waals surface area contributed by atoms with Gasteiger partial charge in [0, 0.05) is 24.0 Å². The number of hydrogen-bond donors (Lipinski definition) is 1. The first-order chi connectivity index (χ1) is 13.2. The van der Waals surface area contributed by atoms with Crippen LogP contribution in [-0.4, -0.2) is 41.3 Å². The van der Waals surface area contributed by atoms with E-state index in [1.165, 1.54) is 0 Å². The van der Waals surface area contributed by atoms with E-state index in [0.717, 1.165) is 18.4 Å². The molecule has 1 unspecified atom stereocenters. The minimum Gasteiger partial charge on any atom is -0.495 e. The molecule has 0 aliphatic carbocycles. The fourth-order valence-corrected chi connectivity index (χ4v) is 3.84. The molecule has 1 aliphatic heterocycles. The van der Waals surface area contributed by atoms with Crippen molar-refractivity contribution in [3.8, 4) is 17.2 Å². The summed E-state index contributed by atoms with van der Waals surface area (Å²) in [6, 6.07) is 9.17. The predicted octanol–water partition coefficient (Wildman–Crippen LogP) is 4.22. The number of ether oxygens (including phenoxy) is 1. The number of carbonyl (C=O) groups excluding carboxylic acids is 1. The van der Waals surface area contributed by atoms with E-state index < -0.39 is 0 Å². The van der Waals surface area contributed by atoms with E-state index >= 15 is 0 Å². The average molecular weight is 384 g/mol. The lowest BCUT2D eigenvalue weighted by Gasteiger charge is -2.31. The van der Waals surface area contributed by atoms with Gasteiger partial charge in [-0.1, -0.05) is 12.1 Å². The van der Waals surface area contributed by atoms with Crippen LogP contribution in [0.2, 0.25) is 0 Å². The molecule has 1 aromatic carbocycles. The molecule has 3 aromatic rings. The summed E-state index contributed by atoms with van der Waals surface area (Å²) in [4.78, 5) is 14.5. The number of methoxy groups -OCH3 is 1. The summed E-state index contributed by atoms with van der Waals surface area (Å²) in [7, 11) is 1.59. The van der Waals surface area contributed by atoms with Gasteiger partial charge in [-0.3, -0.25) is 0 Å². The second-order valence-corrected chi connectivity index (χ2v) is 7.15. The van der Waals surface area contributed by atoms with E-state index in [-0.39, 0.29) is 11.9 Å². The van der Waals surface area contributed by atoms with Crippen LogP contribution in [0.1, 0.15) is 24.7 Å². The first-order valence-electron chi connectivity index (χ1n) is 8.79. The van der Waals surface area contributed by atoms with Crippen molar-refractivity contribution in [3.05, 3.63) is 47.0 Å². The molecule has 8 heteroatoms. The van der Waals surface area contributed by atoms with E-state index in [0.29, 0.717) is 36.3 Å². The highest BCUT2D eigenvalue weighted by molar-refractivity contribution is 7.08. The Bertz CT molecular complexity index is 909. The number of carbonyl (C=O) groups is 1. The number of urea groups is 1. The summed E-state index contributed by atoms with van der Waals surface area (Å²) >= 11 is 1.59. The third kappa shape index (κ3) is 3.80. The SMILES string of the molecule is COc1ccccc1NC(=O)N1CCCC(c2nnc(-c3ccsc3)o2)C1. The van der Waals surface area contributed by atoms with Gasteiger partial charge < -0.3 is 19.4 Å². The molecular formula is C19H20N4O3S. The quantitative estimate of drug-likeness (QED) is 0.728. The number of likely N-dealkylation sites (tertiary alicyclic amines) is 1. The summed E-state index contributed by atoms with van der Waals surface area (Å²) in [6.07, 6.45) is 1.81. The van der Waals surface area contributed by atoms with Gasteiger partial charge in [-0.05, 0) is 36.4 Å². The van der Waals surface area contributed by atoms with Crippen LogP contribution in [-0.2, 0) is 0 Å². The van der Waals surface area contributed by atoms with Gasteiger partial charge in [-0.15, -0.1) is 10.2 Å². The first-order valence-corrected chi connectivity index (χ1v) is 9.74. The van der Waals surface area contributed by atoms with Crippen LogP contribution in [0.3, 0.4) is 0 Å². The lowest BCUT2D eigenvalue weighted by Crippen LogP contribution is -2.41. The van der Waals surface area contributed by atoms with Crippen molar-refractivity contribution in [1.29, 1.82) is 0 Å². The number of piperidine rings is 1. The minimum absolute atomic E-state index is 0.0436. The van der Waals surface area contributed by atoms with Gasteiger partial charge in [0.15, 0.2) is 0 Å². The Labute approximate surface area is 161 Å². The van der Waals surface area contributed by atoms with Crippen molar-refractivity contribution < 1.29 is 13.9 Å². The van der Waals surface area contributed by atoms with Crippen molar-refractivity contribution >= 4 is 23.1 Å². The maximum atomic E-state index is 12.7. The Morgan fingerprint density at radius 2 is 2.22 bits per heavy atom. The molecule has 4 rings (SSSR count). The smallest absolute Gasteiger partial charge is 0.321 e. The summed E-state index contributed by atoms with van der Waals surface area (Å²) in [5.41, 5.74) is 1.59. The van der Waals surface area contributed by atoms with Crippen molar-refractivity contribution in [2.24, 2.45) is 0 Å². The third-order valence-corrected chi connectivity index (χ3v) is 5.30. The molecule has 27 heavy (non-hydrogen) atoms. The second-order valence-electron chi connectivity index (χ2n) is 6.37. The van der Waals surface area contributed by atoms with Crippen molar-refractivity contribution in [2.75, 3.05) is 25.5 Å². The van der Waals surface area contributed by atoms with E-state index in [2.05, 4.69) is 15.5 Å². The standard InChI is InChI=1S/C19H20N4O3S/c1-25-16-7-3-2-6-15(16)20-19(24)23-9-4-5-13(11-23)17-21-22-18(26-17)14-8-10-27-12-14/h2-3,6-8,10,12-13H,4-5,9,11H2,1H3,(H,20,24). The Hall–Kier alpha value is -2.87. The largest absolute Gasteiger partial charge is 0.495 e. The Kier molecular flexibility index (Phi) is 5.06. The van der Waals surface area contributed by atoms with Gasteiger partial charge in [0.1, 0.15) is 5.75 Å². The monoisotopic (exact) mass is 384 g/mol. The number of aromatic nitrogens is 2. The summed E-state index contributed by atoms with van der Waals surface area (Å²) in [6.45, 7) is 1.25. The van der Waals surface area contributed by atoms with Crippen LogP contribution in [0.15, 0.2) is 45.5 Å². The van der Waals surface area contributed by atoms with Crippen LogP contribution in [0.4, 0.5) is 10.5 Å². The van der Waals surface area contributed by atoms with Crippen LogP contribution >= 0.6 is 11.3 Å². The topological polar surface area (TPSA) is 80.5 Å². The molecule has 0 bridgehead atoms. The van der Waals surface area contributed by atoms with Gasteiger partial charge in [0.05, 0.1) is 18.7 Å².